The summed E-state index contributed by atoms with van der Waals surface area (Å²) in [6.45, 7) is 5.66. The molecule has 0 aliphatic rings. The zero-order valence-corrected chi connectivity index (χ0v) is 13.4. The highest BCUT2D eigenvalue weighted by atomic mass is 35.5. The molecule has 1 heterocycles. The highest BCUT2D eigenvalue weighted by molar-refractivity contribution is 7.21. The van der Waals surface area contributed by atoms with Gasteiger partial charge in [-0.15, -0.1) is 11.3 Å². The highest BCUT2D eigenvalue weighted by Gasteiger charge is 2.22. The molecule has 1 aromatic carbocycles. The molecule has 2 rings (SSSR count). The van der Waals surface area contributed by atoms with E-state index in [2.05, 4.69) is 13.8 Å². The van der Waals surface area contributed by atoms with Crippen LogP contribution in [0, 0.1) is 0 Å². The minimum Gasteiger partial charge on any atom is -0.397 e. The fraction of sp³-hybridized carbons (Fsp3) is 0.400. The monoisotopic (exact) mass is 310 g/mol. The lowest BCUT2D eigenvalue weighted by Crippen LogP contribution is -2.32. The first-order chi connectivity index (χ1) is 9.60. The van der Waals surface area contributed by atoms with Crippen molar-refractivity contribution < 1.29 is 4.79 Å². The first kappa shape index (κ1) is 15.1. The molecule has 0 bridgehead atoms. The molecular weight excluding hydrogens is 292 g/mol. The Morgan fingerprint density at radius 3 is 2.50 bits per heavy atom. The third-order valence-electron chi connectivity index (χ3n) is 3.17. The molecule has 20 heavy (non-hydrogen) atoms. The van der Waals surface area contributed by atoms with Gasteiger partial charge in [0.25, 0.3) is 5.91 Å². The van der Waals surface area contributed by atoms with E-state index in [-0.39, 0.29) is 5.91 Å². The van der Waals surface area contributed by atoms with E-state index in [0.29, 0.717) is 15.6 Å². The van der Waals surface area contributed by atoms with Crippen molar-refractivity contribution in [2.75, 3.05) is 18.8 Å². The van der Waals surface area contributed by atoms with Crippen molar-refractivity contribution in [3.05, 3.63) is 28.1 Å². The molecule has 3 nitrogen and oxygen atoms in total. The van der Waals surface area contributed by atoms with Crippen LogP contribution < -0.4 is 5.73 Å². The zero-order chi connectivity index (χ0) is 14.7. The fourth-order valence-corrected chi connectivity index (χ4v) is 3.74. The van der Waals surface area contributed by atoms with E-state index in [1.54, 1.807) is 6.07 Å². The van der Waals surface area contributed by atoms with Crippen LogP contribution in [0.2, 0.25) is 5.02 Å². The molecule has 0 saturated carbocycles. The molecule has 0 saturated heterocycles. The van der Waals surface area contributed by atoms with Crippen molar-refractivity contribution in [2.45, 2.75) is 26.7 Å². The number of amides is 1. The number of fused-ring (bicyclic) bond motifs is 1. The number of rotatable bonds is 5. The molecule has 0 spiro atoms. The quantitative estimate of drug-likeness (QED) is 0.889. The molecule has 1 amide bonds. The number of anilines is 1. The molecule has 5 heteroatoms. The van der Waals surface area contributed by atoms with Crippen molar-refractivity contribution in [1.29, 1.82) is 0 Å². The van der Waals surface area contributed by atoms with Crippen LogP contribution in [0.4, 0.5) is 5.69 Å². The zero-order valence-electron chi connectivity index (χ0n) is 11.8. The van der Waals surface area contributed by atoms with E-state index in [1.807, 2.05) is 17.0 Å². The van der Waals surface area contributed by atoms with Crippen molar-refractivity contribution in [2.24, 2.45) is 0 Å². The second-order valence-corrected chi connectivity index (χ2v) is 6.21. The van der Waals surface area contributed by atoms with Gasteiger partial charge in [-0.05, 0) is 25.0 Å². The van der Waals surface area contributed by atoms with Gasteiger partial charge in [0.15, 0.2) is 0 Å². The number of carbonyl (C=O) groups is 1. The Morgan fingerprint density at radius 2 is 1.95 bits per heavy atom. The van der Waals surface area contributed by atoms with Gasteiger partial charge in [0.2, 0.25) is 0 Å². The average Bonchev–Trinajstić information content (AvgIpc) is 2.76. The summed E-state index contributed by atoms with van der Waals surface area (Å²) in [7, 11) is 0. The van der Waals surface area contributed by atoms with Crippen LogP contribution in [0.25, 0.3) is 10.1 Å². The van der Waals surface area contributed by atoms with Crippen LogP contribution in [-0.4, -0.2) is 23.9 Å². The SMILES string of the molecule is CCCN(CCC)C(=O)c1sc2cccc(Cl)c2c1N. The summed E-state index contributed by atoms with van der Waals surface area (Å²) in [6.07, 6.45) is 1.88. The summed E-state index contributed by atoms with van der Waals surface area (Å²) in [5, 5.41) is 1.41. The van der Waals surface area contributed by atoms with E-state index < -0.39 is 0 Å². The van der Waals surface area contributed by atoms with Crippen LogP contribution >= 0.6 is 22.9 Å². The Morgan fingerprint density at radius 1 is 1.30 bits per heavy atom. The predicted octanol–water partition coefficient (Wildman–Crippen LogP) is 4.40. The van der Waals surface area contributed by atoms with Crippen molar-refractivity contribution in [3.63, 3.8) is 0 Å². The van der Waals surface area contributed by atoms with Gasteiger partial charge >= 0.3 is 0 Å². The number of carbonyl (C=O) groups excluding carboxylic acids is 1. The van der Waals surface area contributed by atoms with Gasteiger partial charge < -0.3 is 10.6 Å². The average molecular weight is 311 g/mol. The molecule has 108 valence electrons. The van der Waals surface area contributed by atoms with Crippen molar-refractivity contribution >= 4 is 44.6 Å². The van der Waals surface area contributed by atoms with Crippen LogP contribution in [0.15, 0.2) is 18.2 Å². The van der Waals surface area contributed by atoms with Gasteiger partial charge in [-0.25, -0.2) is 0 Å². The summed E-state index contributed by atoms with van der Waals surface area (Å²) in [5.41, 5.74) is 6.66. The van der Waals surface area contributed by atoms with E-state index in [1.165, 1.54) is 11.3 Å². The fourth-order valence-electron chi connectivity index (χ4n) is 2.29. The lowest BCUT2D eigenvalue weighted by Gasteiger charge is -2.20. The first-order valence-electron chi connectivity index (χ1n) is 6.85. The normalized spacial score (nSPS) is 10.9. The summed E-state index contributed by atoms with van der Waals surface area (Å²) in [4.78, 5) is 15.1. The van der Waals surface area contributed by atoms with Crippen LogP contribution in [0.3, 0.4) is 0 Å². The van der Waals surface area contributed by atoms with E-state index in [4.69, 9.17) is 17.3 Å². The Balaban J connectivity index is 2.44. The Hall–Kier alpha value is -1.26. The lowest BCUT2D eigenvalue weighted by atomic mass is 10.2. The maximum absolute atomic E-state index is 12.6. The van der Waals surface area contributed by atoms with Crippen LogP contribution in [0.5, 0.6) is 0 Å². The maximum Gasteiger partial charge on any atom is 0.266 e. The molecule has 0 atom stereocenters. The molecular formula is C15H19ClN2OS. The first-order valence-corrected chi connectivity index (χ1v) is 8.05. The molecule has 0 aliphatic carbocycles. The summed E-state index contributed by atoms with van der Waals surface area (Å²) in [5.74, 6) is 0.0171. The molecule has 0 unspecified atom stereocenters. The Labute approximate surface area is 128 Å². The molecule has 2 aromatic rings. The van der Waals surface area contributed by atoms with Gasteiger partial charge in [-0.2, -0.15) is 0 Å². The predicted molar refractivity (Wildman–Crippen MR) is 87.7 cm³/mol. The summed E-state index contributed by atoms with van der Waals surface area (Å²) < 4.78 is 0.964. The number of hydrogen-bond donors (Lipinski definition) is 1. The largest absolute Gasteiger partial charge is 0.397 e. The van der Waals surface area contributed by atoms with Gasteiger partial charge in [-0.1, -0.05) is 31.5 Å². The smallest absolute Gasteiger partial charge is 0.266 e. The Bertz CT molecular complexity index is 618. The molecule has 0 radical (unpaired) electrons. The third-order valence-corrected chi connectivity index (χ3v) is 4.64. The number of thiophene rings is 1. The van der Waals surface area contributed by atoms with Gasteiger partial charge in [0.05, 0.1) is 10.7 Å². The standard InChI is InChI=1S/C15H19ClN2OS/c1-3-8-18(9-4-2)15(19)14-13(17)12-10(16)6-5-7-11(12)20-14/h5-7H,3-4,8-9,17H2,1-2H3. The third kappa shape index (κ3) is 2.76. The van der Waals surface area contributed by atoms with Gasteiger partial charge in [0, 0.05) is 23.2 Å². The number of benzene rings is 1. The van der Waals surface area contributed by atoms with Crippen molar-refractivity contribution in [1.82, 2.24) is 4.90 Å². The number of halogens is 1. The second-order valence-electron chi connectivity index (χ2n) is 4.75. The van der Waals surface area contributed by atoms with E-state index in [0.717, 1.165) is 36.0 Å². The second kappa shape index (κ2) is 6.46. The summed E-state index contributed by atoms with van der Waals surface area (Å²) in [6, 6.07) is 5.63. The topological polar surface area (TPSA) is 46.3 Å². The number of hydrogen-bond acceptors (Lipinski definition) is 3. The lowest BCUT2D eigenvalue weighted by molar-refractivity contribution is 0.0761. The van der Waals surface area contributed by atoms with Crippen molar-refractivity contribution in [3.8, 4) is 0 Å². The van der Waals surface area contributed by atoms with Crippen LogP contribution in [0.1, 0.15) is 36.4 Å². The highest BCUT2D eigenvalue weighted by Crippen LogP contribution is 2.38. The molecule has 0 aliphatic heterocycles. The van der Waals surface area contributed by atoms with E-state index in [9.17, 15) is 4.79 Å². The summed E-state index contributed by atoms with van der Waals surface area (Å²) >= 11 is 7.61. The molecule has 0 fully saturated rings. The maximum atomic E-state index is 12.6. The molecule has 2 N–H and O–H groups in total. The van der Waals surface area contributed by atoms with E-state index >= 15 is 0 Å². The van der Waals surface area contributed by atoms with Crippen LogP contribution in [-0.2, 0) is 0 Å². The number of nitrogens with two attached hydrogens (primary N) is 1. The van der Waals surface area contributed by atoms with Gasteiger partial charge in [-0.3, -0.25) is 4.79 Å². The minimum atomic E-state index is 0.0171. The Kier molecular flexibility index (Phi) is 4.89. The number of nitrogens with zero attached hydrogens (tertiary/aromatic N) is 1. The molecule has 1 aromatic heterocycles. The number of nitrogen functional groups attached to an aromatic ring is 1. The van der Waals surface area contributed by atoms with Gasteiger partial charge in [0.1, 0.15) is 4.88 Å². The minimum absolute atomic E-state index is 0.0171.